The fraction of sp³-hybridized carbons (Fsp3) is 0.200. The van der Waals surface area contributed by atoms with E-state index in [4.69, 9.17) is 0 Å². The van der Waals surface area contributed by atoms with Gasteiger partial charge in [0, 0.05) is 29.8 Å². The van der Waals surface area contributed by atoms with E-state index in [2.05, 4.69) is 51.8 Å². The highest BCUT2D eigenvalue weighted by Crippen LogP contribution is 2.20. The fourth-order valence-electron chi connectivity index (χ4n) is 3.66. The van der Waals surface area contributed by atoms with E-state index in [0.717, 1.165) is 27.7 Å². The molecule has 2 aromatic carbocycles. The molecule has 31 heavy (non-hydrogen) atoms. The monoisotopic (exact) mass is 416 g/mol. The number of aryl methyl sites for hydroxylation is 1. The molecule has 158 valence electrons. The van der Waals surface area contributed by atoms with Gasteiger partial charge in [0.1, 0.15) is 5.82 Å². The smallest absolute Gasteiger partial charge is 0.315 e. The van der Waals surface area contributed by atoms with Gasteiger partial charge in [0.15, 0.2) is 0 Å². The SMILES string of the molecule is Cc1ccc(CC(NC(=O)NCCc2c[nH]c3cc(F)ccc23)c2ccccn2)cc1. The first kappa shape index (κ1) is 20.6. The van der Waals surface area contributed by atoms with Crippen LogP contribution in [0.1, 0.15) is 28.4 Å². The Morgan fingerprint density at radius 2 is 1.97 bits per heavy atom. The molecule has 0 aliphatic carbocycles. The van der Waals surface area contributed by atoms with Gasteiger partial charge in [0.2, 0.25) is 0 Å². The minimum Gasteiger partial charge on any atom is -0.361 e. The number of aromatic nitrogens is 2. The number of pyridine rings is 1. The van der Waals surface area contributed by atoms with E-state index in [9.17, 15) is 9.18 Å². The van der Waals surface area contributed by atoms with E-state index in [0.29, 0.717) is 19.4 Å². The Morgan fingerprint density at radius 3 is 2.74 bits per heavy atom. The normalized spacial score (nSPS) is 11.9. The quantitative estimate of drug-likeness (QED) is 0.404. The molecule has 2 heterocycles. The van der Waals surface area contributed by atoms with Crippen molar-refractivity contribution in [3.05, 3.63) is 101 Å². The lowest BCUT2D eigenvalue weighted by Gasteiger charge is -2.19. The number of halogens is 1. The van der Waals surface area contributed by atoms with Crippen LogP contribution in [-0.2, 0) is 12.8 Å². The van der Waals surface area contributed by atoms with Gasteiger partial charge in [-0.1, -0.05) is 35.9 Å². The summed E-state index contributed by atoms with van der Waals surface area (Å²) in [5, 5.41) is 6.94. The zero-order chi connectivity index (χ0) is 21.6. The molecule has 2 aromatic heterocycles. The predicted octanol–water partition coefficient (Wildman–Crippen LogP) is 4.84. The maximum absolute atomic E-state index is 13.4. The second-order valence-electron chi connectivity index (χ2n) is 7.65. The van der Waals surface area contributed by atoms with Crippen LogP contribution < -0.4 is 10.6 Å². The standard InChI is InChI=1S/C25H25FN4O/c1-17-5-7-18(8-6-17)14-24(22-4-2-3-12-27-22)30-25(31)28-13-11-19-16-29-23-15-20(26)9-10-21(19)23/h2-10,12,15-16,24,29H,11,13-14H2,1H3,(H2,28,30,31). The first-order valence-corrected chi connectivity index (χ1v) is 10.3. The zero-order valence-electron chi connectivity index (χ0n) is 17.4. The highest BCUT2D eigenvalue weighted by molar-refractivity contribution is 5.83. The van der Waals surface area contributed by atoms with Crippen molar-refractivity contribution in [1.29, 1.82) is 0 Å². The molecule has 0 fully saturated rings. The second kappa shape index (κ2) is 9.43. The number of carbonyl (C=O) groups excluding carboxylic acids is 1. The van der Waals surface area contributed by atoms with Crippen molar-refractivity contribution in [2.24, 2.45) is 0 Å². The minimum atomic E-state index is -0.271. The van der Waals surface area contributed by atoms with E-state index in [1.54, 1.807) is 12.3 Å². The molecular formula is C25H25FN4O. The Balaban J connectivity index is 1.38. The molecule has 2 amide bonds. The number of benzene rings is 2. The van der Waals surface area contributed by atoms with Crippen LogP contribution in [0.5, 0.6) is 0 Å². The van der Waals surface area contributed by atoms with Crippen LogP contribution in [0.4, 0.5) is 9.18 Å². The van der Waals surface area contributed by atoms with Gasteiger partial charge < -0.3 is 15.6 Å². The van der Waals surface area contributed by atoms with Crippen LogP contribution in [0.2, 0.25) is 0 Å². The average Bonchev–Trinajstić information content (AvgIpc) is 3.17. The number of rotatable bonds is 7. The number of urea groups is 1. The van der Waals surface area contributed by atoms with Gasteiger partial charge in [-0.05, 0) is 61.2 Å². The van der Waals surface area contributed by atoms with Crippen molar-refractivity contribution < 1.29 is 9.18 Å². The van der Waals surface area contributed by atoms with Crippen molar-refractivity contribution in [2.75, 3.05) is 6.54 Å². The highest BCUT2D eigenvalue weighted by atomic mass is 19.1. The number of fused-ring (bicyclic) bond motifs is 1. The lowest BCUT2D eigenvalue weighted by molar-refractivity contribution is 0.237. The molecular weight excluding hydrogens is 391 g/mol. The number of nitrogens with one attached hydrogen (secondary N) is 3. The number of amides is 2. The molecule has 0 saturated carbocycles. The van der Waals surface area contributed by atoms with Crippen LogP contribution in [0.15, 0.2) is 73.1 Å². The maximum Gasteiger partial charge on any atom is 0.315 e. The molecule has 0 aliphatic heterocycles. The molecule has 1 atom stereocenters. The van der Waals surface area contributed by atoms with Crippen molar-refractivity contribution >= 4 is 16.9 Å². The summed E-state index contributed by atoms with van der Waals surface area (Å²) in [4.78, 5) is 20.1. The predicted molar refractivity (Wildman–Crippen MR) is 120 cm³/mol. The van der Waals surface area contributed by atoms with Gasteiger partial charge in [-0.3, -0.25) is 4.98 Å². The number of nitrogens with zero attached hydrogens (tertiary/aromatic N) is 1. The summed E-state index contributed by atoms with van der Waals surface area (Å²) >= 11 is 0. The van der Waals surface area contributed by atoms with Gasteiger partial charge in [0.25, 0.3) is 0 Å². The largest absolute Gasteiger partial charge is 0.361 e. The van der Waals surface area contributed by atoms with E-state index in [1.165, 1.54) is 17.7 Å². The molecule has 6 heteroatoms. The lowest BCUT2D eigenvalue weighted by atomic mass is 10.0. The Morgan fingerprint density at radius 1 is 1.13 bits per heavy atom. The number of carbonyl (C=O) groups is 1. The summed E-state index contributed by atoms with van der Waals surface area (Å²) in [5.74, 6) is -0.271. The summed E-state index contributed by atoms with van der Waals surface area (Å²) in [5.41, 5.74) is 4.94. The Labute approximate surface area is 180 Å². The summed E-state index contributed by atoms with van der Waals surface area (Å²) in [6, 6.07) is 18.2. The van der Waals surface area contributed by atoms with Gasteiger partial charge in [-0.25, -0.2) is 9.18 Å². The Hall–Kier alpha value is -3.67. The third-order valence-electron chi connectivity index (χ3n) is 5.32. The van der Waals surface area contributed by atoms with Crippen molar-refractivity contribution in [3.63, 3.8) is 0 Å². The maximum atomic E-state index is 13.4. The molecule has 0 bridgehead atoms. The minimum absolute atomic E-state index is 0.236. The number of H-pyrrole nitrogens is 1. The topological polar surface area (TPSA) is 69.8 Å². The number of aromatic amines is 1. The van der Waals surface area contributed by atoms with Crippen molar-refractivity contribution in [1.82, 2.24) is 20.6 Å². The van der Waals surface area contributed by atoms with Crippen molar-refractivity contribution in [2.45, 2.75) is 25.8 Å². The molecule has 1 unspecified atom stereocenters. The van der Waals surface area contributed by atoms with E-state index in [1.807, 2.05) is 24.4 Å². The van der Waals surface area contributed by atoms with Crippen LogP contribution in [-0.4, -0.2) is 22.5 Å². The van der Waals surface area contributed by atoms with Crippen LogP contribution in [0.25, 0.3) is 10.9 Å². The second-order valence-corrected chi connectivity index (χ2v) is 7.65. The Kier molecular flexibility index (Phi) is 6.26. The van der Waals surface area contributed by atoms with Gasteiger partial charge in [0.05, 0.1) is 11.7 Å². The molecule has 0 aliphatic rings. The van der Waals surface area contributed by atoms with E-state index >= 15 is 0 Å². The van der Waals surface area contributed by atoms with Crippen LogP contribution in [0.3, 0.4) is 0 Å². The third-order valence-corrected chi connectivity index (χ3v) is 5.32. The summed E-state index contributed by atoms with van der Waals surface area (Å²) in [6.07, 6.45) is 4.89. The van der Waals surface area contributed by atoms with Crippen LogP contribution in [0, 0.1) is 12.7 Å². The molecule has 5 nitrogen and oxygen atoms in total. The zero-order valence-corrected chi connectivity index (χ0v) is 17.4. The van der Waals surface area contributed by atoms with E-state index in [-0.39, 0.29) is 17.9 Å². The molecule has 3 N–H and O–H groups in total. The molecule has 0 saturated heterocycles. The third kappa shape index (κ3) is 5.28. The number of hydrogen-bond acceptors (Lipinski definition) is 2. The summed E-state index contributed by atoms with van der Waals surface area (Å²) in [6.45, 7) is 2.52. The summed E-state index contributed by atoms with van der Waals surface area (Å²) < 4.78 is 13.4. The first-order chi connectivity index (χ1) is 15.1. The number of hydrogen-bond donors (Lipinski definition) is 3. The first-order valence-electron chi connectivity index (χ1n) is 10.3. The van der Waals surface area contributed by atoms with Crippen molar-refractivity contribution in [3.8, 4) is 0 Å². The van der Waals surface area contributed by atoms with E-state index < -0.39 is 0 Å². The molecule has 4 aromatic rings. The molecule has 0 radical (unpaired) electrons. The van der Waals surface area contributed by atoms with Gasteiger partial charge in [-0.15, -0.1) is 0 Å². The average molecular weight is 417 g/mol. The van der Waals surface area contributed by atoms with Crippen LogP contribution >= 0.6 is 0 Å². The lowest BCUT2D eigenvalue weighted by Crippen LogP contribution is -2.39. The highest BCUT2D eigenvalue weighted by Gasteiger charge is 2.16. The van der Waals surface area contributed by atoms with Gasteiger partial charge in [-0.2, -0.15) is 0 Å². The van der Waals surface area contributed by atoms with Gasteiger partial charge >= 0.3 is 6.03 Å². The molecule has 0 spiro atoms. The summed E-state index contributed by atoms with van der Waals surface area (Å²) in [7, 11) is 0. The fourth-order valence-corrected chi connectivity index (χ4v) is 3.66. The molecule has 4 rings (SSSR count). The Bertz CT molecular complexity index is 1160.